The molecule has 2 aromatic rings. The minimum Gasteiger partial charge on any atom is -0.0654 e. The quantitative estimate of drug-likeness (QED) is 0.0493. The Hall–Kier alpha value is -0.960. The van der Waals surface area contributed by atoms with Crippen molar-refractivity contribution in [3.63, 3.8) is 0 Å². The van der Waals surface area contributed by atoms with E-state index < -0.39 is 16.9 Å². The molecule has 0 spiro atoms. The van der Waals surface area contributed by atoms with Crippen molar-refractivity contribution in [3.05, 3.63) is 41.0 Å². The van der Waals surface area contributed by atoms with Gasteiger partial charge in [0.25, 0.3) is 0 Å². The predicted molar refractivity (Wildman–Crippen MR) is 277 cm³/mol. The van der Waals surface area contributed by atoms with Crippen molar-refractivity contribution in [1.82, 2.24) is 0 Å². The summed E-state index contributed by atoms with van der Waals surface area (Å²) < 4.78 is 39.4. The molecule has 0 N–H and O–H groups in total. The van der Waals surface area contributed by atoms with Gasteiger partial charge in [-0.1, -0.05) is 59.3 Å². The first-order valence-electron chi connectivity index (χ1n) is 27.2. The summed E-state index contributed by atoms with van der Waals surface area (Å²) in [5, 5.41) is 2.13. The molecule has 0 bridgehead atoms. The Morgan fingerprint density at radius 3 is 1.02 bits per heavy atom. The summed E-state index contributed by atoms with van der Waals surface area (Å²) in [5.41, 5.74) is 4.00. The van der Waals surface area contributed by atoms with Gasteiger partial charge in [-0.25, -0.2) is 0 Å². The molecule has 0 radical (unpaired) electrons. The van der Waals surface area contributed by atoms with Gasteiger partial charge in [0.05, 0.1) is 0 Å². The summed E-state index contributed by atoms with van der Waals surface area (Å²) >= 11 is 0. The topological polar surface area (TPSA) is 43.4 Å². The van der Waals surface area contributed by atoms with Crippen molar-refractivity contribution in [2.24, 2.45) is 0 Å². The standard InChI is InChI=1S/C56H103O3PS/c1-8-15-22-25-28-31-34-37-42-51-52(43-38-35-32-29-26-23-16-9-2)54(45-39-36-33-30-27-24-17-10-3)56(55-46-41-40-44-53(51)55)61(57,58)59-60(47-18-11-4,48-19-12-5,49-20-13-6)50-21-14-7/h40-41,44,46H,8-39,42-43,45,47-50H2,1-7H3. The smallest absolute Gasteiger partial charge is 0.0654 e. The summed E-state index contributed by atoms with van der Waals surface area (Å²) in [4.78, 5) is 0.579. The van der Waals surface area contributed by atoms with Gasteiger partial charge in [0.15, 0.2) is 0 Å². The van der Waals surface area contributed by atoms with Gasteiger partial charge in [-0.15, -0.1) is 0 Å². The molecular formula is C56H103O3PS. The molecule has 0 aliphatic rings. The zero-order valence-corrected chi connectivity index (χ0v) is 43.7. The molecule has 3 nitrogen and oxygen atoms in total. The monoisotopic (exact) mass is 887 g/mol. The Balaban J connectivity index is 2.82. The molecular weight excluding hydrogens is 784 g/mol. The number of aryl methyl sites for hydroxylation is 1. The van der Waals surface area contributed by atoms with E-state index in [0.29, 0.717) is 4.90 Å². The van der Waals surface area contributed by atoms with Gasteiger partial charge < -0.3 is 0 Å². The van der Waals surface area contributed by atoms with Gasteiger partial charge in [0.1, 0.15) is 0 Å². The molecule has 0 heterocycles. The van der Waals surface area contributed by atoms with Crippen molar-refractivity contribution < 1.29 is 12.4 Å². The fourth-order valence-electron chi connectivity index (χ4n) is 10.4. The Labute approximate surface area is 382 Å². The van der Waals surface area contributed by atoms with Gasteiger partial charge >= 0.3 is 325 Å². The van der Waals surface area contributed by atoms with Gasteiger partial charge in [-0.05, 0) is 0 Å². The molecule has 0 aliphatic carbocycles. The van der Waals surface area contributed by atoms with Crippen LogP contribution in [0.2, 0.25) is 0 Å². The molecule has 0 saturated carbocycles. The molecule has 0 aliphatic heterocycles. The van der Waals surface area contributed by atoms with Crippen LogP contribution in [0, 0.1) is 0 Å². The van der Waals surface area contributed by atoms with Crippen molar-refractivity contribution in [1.29, 1.82) is 0 Å². The van der Waals surface area contributed by atoms with Crippen LogP contribution >= 0.6 is 6.83 Å². The molecule has 5 heteroatoms. The van der Waals surface area contributed by atoms with Crippen molar-refractivity contribution in [2.45, 2.75) is 278 Å². The maximum absolute atomic E-state index is 16.0. The van der Waals surface area contributed by atoms with Crippen LogP contribution in [0.5, 0.6) is 0 Å². The second kappa shape index (κ2) is 33.5. The van der Waals surface area contributed by atoms with E-state index in [9.17, 15) is 0 Å². The normalized spacial score (nSPS) is 13.0. The number of unbranched alkanes of at least 4 members (excludes halogenated alkanes) is 25. The summed E-state index contributed by atoms with van der Waals surface area (Å²) in [6.45, 7) is 12.8. The molecule has 2 rings (SSSR count). The Morgan fingerprint density at radius 2 is 0.656 bits per heavy atom. The minimum atomic E-state index is -4.08. The third-order valence-electron chi connectivity index (χ3n) is 14.2. The van der Waals surface area contributed by atoms with E-state index in [4.69, 9.17) is 3.97 Å². The molecule has 356 valence electrons. The van der Waals surface area contributed by atoms with Crippen molar-refractivity contribution >= 4 is 27.7 Å². The first-order chi connectivity index (χ1) is 29.7. The van der Waals surface area contributed by atoms with Crippen LogP contribution in [0.15, 0.2) is 29.2 Å². The Morgan fingerprint density at radius 1 is 0.361 bits per heavy atom. The fraction of sp³-hybridized carbons (Fsp3) is 0.821. The van der Waals surface area contributed by atoms with E-state index in [2.05, 4.69) is 72.7 Å². The molecule has 0 atom stereocenters. The first-order valence-corrected chi connectivity index (χ1v) is 31.5. The number of hydrogen-bond acceptors (Lipinski definition) is 3. The number of benzene rings is 2. The van der Waals surface area contributed by atoms with E-state index in [1.54, 1.807) is 0 Å². The van der Waals surface area contributed by atoms with E-state index >= 15 is 8.42 Å². The third-order valence-corrected chi connectivity index (χ3v) is 23.4. The summed E-state index contributed by atoms with van der Waals surface area (Å²) in [5.74, 6) is 0. The van der Waals surface area contributed by atoms with Gasteiger partial charge in [0.2, 0.25) is 0 Å². The fourth-order valence-corrected chi connectivity index (χ4v) is 20.9. The Kier molecular flexibility index (Phi) is 30.9. The van der Waals surface area contributed by atoms with Crippen LogP contribution in [-0.4, -0.2) is 33.1 Å². The number of hydrogen-bond donors (Lipinski definition) is 0. The van der Waals surface area contributed by atoms with Crippen LogP contribution in [0.25, 0.3) is 10.8 Å². The van der Waals surface area contributed by atoms with Crippen molar-refractivity contribution in [3.8, 4) is 0 Å². The van der Waals surface area contributed by atoms with Gasteiger partial charge in [-0.2, -0.15) is 0 Å². The zero-order chi connectivity index (χ0) is 44.5. The van der Waals surface area contributed by atoms with Crippen molar-refractivity contribution in [2.75, 3.05) is 24.6 Å². The van der Waals surface area contributed by atoms with Crippen LogP contribution in [0.1, 0.15) is 271 Å². The predicted octanol–water partition coefficient (Wildman–Crippen LogP) is 19.3. The van der Waals surface area contributed by atoms with E-state index in [1.165, 1.54) is 158 Å². The molecule has 0 fully saturated rings. The third kappa shape index (κ3) is 20.4. The number of fused-ring (bicyclic) bond motifs is 1. The summed E-state index contributed by atoms with van der Waals surface area (Å²) in [6.07, 6.45) is 46.0. The van der Waals surface area contributed by atoms with Crippen LogP contribution in [0.3, 0.4) is 0 Å². The average molecular weight is 887 g/mol. The van der Waals surface area contributed by atoms with E-state index in [0.717, 1.165) is 119 Å². The number of rotatable bonds is 42. The Bertz CT molecular complexity index is 1460. The second-order valence-corrected chi connectivity index (χ2v) is 27.1. The maximum atomic E-state index is 16.0. The molecule has 2 aromatic carbocycles. The van der Waals surface area contributed by atoms with Crippen LogP contribution in [0.4, 0.5) is 0 Å². The molecule has 0 saturated heterocycles. The molecule has 0 amide bonds. The minimum absolute atomic E-state index is 0.579. The molecule has 0 aromatic heterocycles. The van der Waals surface area contributed by atoms with E-state index in [1.807, 2.05) is 0 Å². The molecule has 61 heavy (non-hydrogen) atoms. The average Bonchev–Trinajstić information content (AvgIpc) is 3.26. The second-order valence-electron chi connectivity index (χ2n) is 19.7. The van der Waals surface area contributed by atoms with Gasteiger partial charge in [-0.3, -0.25) is 0 Å². The van der Waals surface area contributed by atoms with Crippen LogP contribution < -0.4 is 0 Å². The zero-order valence-electron chi connectivity index (χ0n) is 42.0. The van der Waals surface area contributed by atoms with Gasteiger partial charge in [0, 0.05) is 0 Å². The van der Waals surface area contributed by atoms with E-state index in [-0.39, 0.29) is 0 Å². The molecule has 0 unspecified atom stereocenters. The SMILES string of the molecule is CCCCCCCCCCc1c(CCCCCCCCCC)c(S(=O)(=O)OP(CCCC)(CCCC)(CCCC)CCCC)c2ccccc2c1CCCCCCCCCC. The van der Waals surface area contributed by atoms with Crippen LogP contribution in [-0.2, 0) is 33.4 Å². The summed E-state index contributed by atoms with van der Waals surface area (Å²) in [7, 11) is -4.08. The summed E-state index contributed by atoms with van der Waals surface area (Å²) in [6, 6.07) is 8.70. The first kappa shape index (κ1) is 56.2.